The minimum atomic E-state index is 0.575. The number of rotatable bonds is 3. The van der Waals surface area contributed by atoms with Crippen molar-refractivity contribution in [2.45, 2.75) is 20.3 Å². The number of benzene rings is 1. The van der Waals surface area contributed by atoms with Crippen molar-refractivity contribution in [3.8, 4) is 0 Å². The number of nitrogens with two attached hydrogens (primary N) is 1. The lowest BCUT2D eigenvalue weighted by Gasteiger charge is -2.19. The van der Waals surface area contributed by atoms with Gasteiger partial charge < -0.3 is 9.74 Å². The molecular formula is C13H20N2O. The summed E-state index contributed by atoms with van der Waals surface area (Å²) in [6.45, 7) is 7.12. The first kappa shape index (κ1) is 11.4. The quantitative estimate of drug-likeness (QED) is 0.792. The Balaban J connectivity index is 2.08. The summed E-state index contributed by atoms with van der Waals surface area (Å²) in [4.78, 5) is 7.15. The molecule has 3 heteroatoms. The lowest BCUT2D eigenvalue weighted by Crippen LogP contribution is -2.22. The molecule has 88 valence electrons. The maximum Gasteiger partial charge on any atom is 0.0724 e. The van der Waals surface area contributed by atoms with Gasteiger partial charge in [-0.1, -0.05) is 6.07 Å². The van der Waals surface area contributed by atoms with Gasteiger partial charge in [0, 0.05) is 24.7 Å². The smallest absolute Gasteiger partial charge is 0.0724 e. The second kappa shape index (κ2) is 4.85. The fraction of sp³-hybridized carbons (Fsp3) is 0.538. The fourth-order valence-corrected chi connectivity index (χ4v) is 2.47. The molecule has 16 heavy (non-hydrogen) atoms. The Bertz CT molecular complexity index is 345. The Labute approximate surface area is 97.1 Å². The zero-order valence-electron chi connectivity index (χ0n) is 10.1. The Kier molecular flexibility index (Phi) is 3.46. The number of aryl methyl sites for hydroxylation is 2. The second-order valence-corrected chi connectivity index (χ2v) is 4.78. The van der Waals surface area contributed by atoms with E-state index in [9.17, 15) is 0 Å². The van der Waals surface area contributed by atoms with E-state index in [1.165, 1.54) is 23.2 Å². The van der Waals surface area contributed by atoms with Gasteiger partial charge in [-0.25, -0.2) is 5.90 Å². The van der Waals surface area contributed by atoms with E-state index < -0.39 is 0 Å². The lowest BCUT2D eigenvalue weighted by molar-refractivity contribution is 0.108. The average Bonchev–Trinajstić information content (AvgIpc) is 2.65. The molecule has 0 aliphatic carbocycles. The van der Waals surface area contributed by atoms with Crippen LogP contribution in [0.15, 0.2) is 18.2 Å². The highest BCUT2D eigenvalue weighted by Crippen LogP contribution is 2.25. The molecule has 0 radical (unpaired) electrons. The number of hydrogen-bond acceptors (Lipinski definition) is 3. The zero-order valence-corrected chi connectivity index (χ0v) is 10.1. The van der Waals surface area contributed by atoms with Crippen LogP contribution in [0.5, 0.6) is 0 Å². The Morgan fingerprint density at radius 1 is 1.31 bits per heavy atom. The molecule has 1 fully saturated rings. The van der Waals surface area contributed by atoms with Gasteiger partial charge in [0.2, 0.25) is 0 Å². The first-order valence-corrected chi connectivity index (χ1v) is 5.84. The van der Waals surface area contributed by atoms with Gasteiger partial charge >= 0.3 is 0 Å². The second-order valence-electron chi connectivity index (χ2n) is 4.78. The van der Waals surface area contributed by atoms with Gasteiger partial charge in [-0.15, -0.1) is 0 Å². The van der Waals surface area contributed by atoms with Crippen LogP contribution >= 0.6 is 0 Å². The van der Waals surface area contributed by atoms with Gasteiger partial charge in [0.25, 0.3) is 0 Å². The predicted octanol–water partition coefficient (Wildman–Crippen LogP) is 2.02. The summed E-state index contributed by atoms with van der Waals surface area (Å²) < 4.78 is 0. The van der Waals surface area contributed by atoms with Crippen molar-refractivity contribution in [2.24, 2.45) is 11.8 Å². The number of anilines is 1. The van der Waals surface area contributed by atoms with E-state index in [0.29, 0.717) is 12.5 Å². The van der Waals surface area contributed by atoms with E-state index in [1.807, 2.05) is 0 Å². The van der Waals surface area contributed by atoms with Crippen LogP contribution in [-0.4, -0.2) is 19.7 Å². The molecule has 3 nitrogen and oxygen atoms in total. The fourth-order valence-electron chi connectivity index (χ4n) is 2.47. The largest absolute Gasteiger partial charge is 0.371 e. The van der Waals surface area contributed by atoms with Gasteiger partial charge in [-0.05, 0) is 43.5 Å². The molecule has 0 spiro atoms. The van der Waals surface area contributed by atoms with Crippen LogP contribution in [0.3, 0.4) is 0 Å². The van der Waals surface area contributed by atoms with Gasteiger partial charge in [-0.2, -0.15) is 0 Å². The van der Waals surface area contributed by atoms with Gasteiger partial charge in [0.1, 0.15) is 0 Å². The lowest BCUT2D eigenvalue weighted by atomic mass is 10.1. The van der Waals surface area contributed by atoms with E-state index in [1.54, 1.807) is 0 Å². The molecule has 2 N–H and O–H groups in total. The molecule has 1 aliphatic heterocycles. The summed E-state index contributed by atoms with van der Waals surface area (Å²) in [6.07, 6.45) is 1.17. The monoisotopic (exact) mass is 220 g/mol. The van der Waals surface area contributed by atoms with Gasteiger partial charge in [-0.3, -0.25) is 0 Å². The zero-order chi connectivity index (χ0) is 11.5. The van der Waals surface area contributed by atoms with Gasteiger partial charge in [0.15, 0.2) is 0 Å². The van der Waals surface area contributed by atoms with Crippen LogP contribution in [0.4, 0.5) is 5.69 Å². The molecule has 1 atom stereocenters. The van der Waals surface area contributed by atoms with Crippen LogP contribution in [0.1, 0.15) is 17.5 Å². The summed E-state index contributed by atoms with van der Waals surface area (Å²) in [5.41, 5.74) is 3.99. The van der Waals surface area contributed by atoms with E-state index in [2.05, 4.69) is 36.9 Å². The molecule has 1 aromatic rings. The van der Waals surface area contributed by atoms with Gasteiger partial charge in [0.05, 0.1) is 6.61 Å². The minimum Gasteiger partial charge on any atom is -0.371 e. The van der Waals surface area contributed by atoms with E-state index >= 15 is 0 Å². The molecule has 1 aromatic carbocycles. The molecule has 1 heterocycles. The summed E-state index contributed by atoms with van der Waals surface area (Å²) in [6, 6.07) is 6.71. The molecule has 1 saturated heterocycles. The molecule has 0 amide bonds. The summed E-state index contributed by atoms with van der Waals surface area (Å²) in [7, 11) is 0. The molecule has 0 bridgehead atoms. The van der Waals surface area contributed by atoms with Crippen molar-refractivity contribution >= 4 is 5.69 Å². The standard InChI is InChI=1S/C13H20N2O/c1-10-5-11(2)7-13(6-10)15-4-3-12(8-15)9-16-14/h5-7,12H,3-4,8-9,14H2,1-2H3. The van der Waals surface area contributed by atoms with E-state index in [-0.39, 0.29) is 0 Å². The molecule has 1 aliphatic rings. The summed E-state index contributed by atoms with van der Waals surface area (Å²) >= 11 is 0. The highest BCUT2D eigenvalue weighted by molar-refractivity contribution is 5.51. The average molecular weight is 220 g/mol. The Hall–Kier alpha value is -1.06. The first-order chi connectivity index (χ1) is 7.69. The van der Waals surface area contributed by atoms with Crippen LogP contribution in [0.2, 0.25) is 0 Å². The maximum atomic E-state index is 5.12. The van der Waals surface area contributed by atoms with E-state index in [4.69, 9.17) is 10.7 Å². The number of hydrogen-bond donors (Lipinski definition) is 1. The van der Waals surface area contributed by atoms with E-state index in [0.717, 1.165) is 13.1 Å². The molecule has 1 unspecified atom stereocenters. The highest BCUT2D eigenvalue weighted by atomic mass is 16.6. The van der Waals surface area contributed by atoms with Crippen LogP contribution in [0.25, 0.3) is 0 Å². The van der Waals surface area contributed by atoms with Crippen LogP contribution < -0.4 is 10.8 Å². The number of nitrogens with zero attached hydrogens (tertiary/aromatic N) is 1. The normalized spacial score (nSPS) is 20.4. The Morgan fingerprint density at radius 2 is 2.00 bits per heavy atom. The maximum absolute atomic E-state index is 5.12. The van der Waals surface area contributed by atoms with Crippen molar-refractivity contribution in [1.29, 1.82) is 0 Å². The summed E-state index contributed by atoms with van der Waals surface area (Å²) in [5.74, 6) is 5.70. The van der Waals surface area contributed by atoms with Crippen molar-refractivity contribution in [1.82, 2.24) is 0 Å². The highest BCUT2D eigenvalue weighted by Gasteiger charge is 2.22. The topological polar surface area (TPSA) is 38.5 Å². The van der Waals surface area contributed by atoms with Crippen LogP contribution in [-0.2, 0) is 4.84 Å². The minimum absolute atomic E-state index is 0.575. The third kappa shape index (κ3) is 2.54. The van der Waals surface area contributed by atoms with Crippen molar-refractivity contribution in [3.05, 3.63) is 29.3 Å². The molecule has 0 saturated carbocycles. The third-order valence-electron chi connectivity index (χ3n) is 3.19. The third-order valence-corrected chi connectivity index (χ3v) is 3.19. The SMILES string of the molecule is Cc1cc(C)cc(N2CCC(CON)C2)c1. The van der Waals surface area contributed by atoms with Crippen molar-refractivity contribution < 1.29 is 4.84 Å². The molecular weight excluding hydrogens is 200 g/mol. The van der Waals surface area contributed by atoms with Crippen molar-refractivity contribution in [3.63, 3.8) is 0 Å². The van der Waals surface area contributed by atoms with Crippen molar-refractivity contribution in [2.75, 3.05) is 24.6 Å². The molecule has 0 aromatic heterocycles. The Morgan fingerprint density at radius 3 is 2.62 bits per heavy atom. The first-order valence-electron chi connectivity index (χ1n) is 5.84. The summed E-state index contributed by atoms with van der Waals surface area (Å²) in [5, 5.41) is 0. The predicted molar refractivity (Wildman–Crippen MR) is 66.4 cm³/mol. The molecule has 2 rings (SSSR count). The van der Waals surface area contributed by atoms with Crippen LogP contribution in [0, 0.1) is 19.8 Å².